The second-order valence-electron chi connectivity index (χ2n) is 10.4. The van der Waals surface area contributed by atoms with Gasteiger partial charge in [-0.2, -0.15) is 4.31 Å². The first-order valence-corrected chi connectivity index (χ1v) is 16.3. The largest absolute Gasteiger partial charge is 0.497 e. The van der Waals surface area contributed by atoms with E-state index in [2.05, 4.69) is 22.4 Å². The molecular weight excluding hydrogens is 578 g/mol. The van der Waals surface area contributed by atoms with Gasteiger partial charge in [0.05, 0.1) is 25.2 Å². The van der Waals surface area contributed by atoms with Crippen molar-refractivity contribution in [2.24, 2.45) is 0 Å². The van der Waals surface area contributed by atoms with E-state index in [-0.39, 0.29) is 48.8 Å². The van der Waals surface area contributed by atoms with E-state index in [1.165, 1.54) is 28.2 Å². The van der Waals surface area contributed by atoms with Crippen LogP contribution in [0.1, 0.15) is 17.9 Å². The number of benzene rings is 2. The van der Waals surface area contributed by atoms with Crippen LogP contribution < -0.4 is 4.74 Å². The minimum absolute atomic E-state index is 0.00623. The summed E-state index contributed by atoms with van der Waals surface area (Å²) in [6.07, 6.45) is 1.64. The number of fused-ring (bicyclic) bond motifs is 1. The van der Waals surface area contributed by atoms with E-state index >= 15 is 0 Å². The number of sulfonamides is 1. The van der Waals surface area contributed by atoms with Gasteiger partial charge in [0.1, 0.15) is 5.75 Å². The van der Waals surface area contributed by atoms with Gasteiger partial charge in [-0.15, -0.1) is 11.3 Å². The van der Waals surface area contributed by atoms with Crippen LogP contribution in [0.2, 0.25) is 0 Å². The van der Waals surface area contributed by atoms with E-state index in [9.17, 15) is 18.3 Å². The smallest absolute Gasteiger partial charge is 0.288 e. The van der Waals surface area contributed by atoms with Crippen molar-refractivity contribution in [3.05, 3.63) is 71.3 Å². The number of carbonyl (C=O) groups excluding carboxylic acids is 1. The van der Waals surface area contributed by atoms with Gasteiger partial charge in [0.2, 0.25) is 16.3 Å². The number of thiophene rings is 1. The summed E-state index contributed by atoms with van der Waals surface area (Å²) in [5.41, 5.74) is 1.11. The fourth-order valence-corrected chi connectivity index (χ4v) is 7.67. The number of aliphatic hydroxyl groups excluding tert-OH is 1. The van der Waals surface area contributed by atoms with Gasteiger partial charge in [0.25, 0.3) is 5.91 Å². The summed E-state index contributed by atoms with van der Waals surface area (Å²) in [4.78, 5) is 17.6. The van der Waals surface area contributed by atoms with Crippen LogP contribution >= 0.6 is 11.3 Å². The number of nitrogens with zero attached hydrogens (tertiary/aromatic N) is 3. The first-order chi connectivity index (χ1) is 20.3. The van der Waals surface area contributed by atoms with Crippen LogP contribution in [0.4, 0.5) is 0 Å². The van der Waals surface area contributed by atoms with Gasteiger partial charge >= 0.3 is 0 Å². The highest BCUT2D eigenvalue weighted by Gasteiger charge is 2.33. The maximum Gasteiger partial charge on any atom is 0.288 e. The van der Waals surface area contributed by atoms with Crippen molar-refractivity contribution in [1.29, 1.82) is 0 Å². The predicted octanol–water partition coefficient (Wildman–Crippen LogP) is 3.10. The summed E-state index contributed by atoms with van der Waals surface area (Å²) < 4.78 is 46.3. The minimum Gasteiger partial charge on any atom is -0.497 e. The SMILES string of the molecule is COc1ccc(S(=O)(=O)N(CCO)CCO[C@H]2C[C@@H](c3csc4ccccc34)C=C(C(=O)N3CCN(C)CC3)O2)cc1. The highest BCUT2D eigenvalue weighted by molar-refractivity contribution is 7.89. The lowest BCUT2D eigenvalue weighted by molar-refractivity contribution is -0.153. The number of aliphatic hydroxyl groups is 1. The number of hydrogen-bond acceptors (Lipinski definition) is 9. The molecule has 2 aliphatic heterocycles. The molecule has 1 fully saturated rings. The molecule has 0 aliphatic carbocycles. The van der Waals surface area contributed by atoms with Crippen molar-refractivity contribution < 1.29 is 32.5 Å². The van der Waals surface area contributed by atoms with Crippen LogP contribution in [-0.4, -0.2) is 106 Å². The van der Waals surface area contributed by atoms with Crippen LogP contribution in [0.25, 0.3) is 10.1 Å². The summed E-state index contributed by atoms with van der Waals surface area (Å²) in [7, 11) is -0.335. The standard InChI is InChI=1S/C30H37N3O7S2/c1-31-11-13-32(14-12-31)30(35)27-19-22(26-21-41-28-6-4-3-5-25(26)28)20-29(40-27)39-18-16-33(15-17-34)42(36,37)24-9-7-23(38-2)8-10-24/h3-10,19,21-22,29,34H,11-18,20H2,1-2H3/t22-,29+/m0/s1. The molecule has 0 bridgehead atoms. The molecule has 2 aliphatic rings. The van der Waals surface area contributed by atoms with E-state index in [0.717, 1.165) is 24.0 Å². The van der Waals surface area contributed by atoms with E-state index in [1.54, 1.807) is 28.4 Å². The molecule has 5 rings (SSSR count). The number of hydrogen-bond donors (Lipinski definition) is 1. The molecule has 3 aromatic rings. The minimum atomic E-state index is -3.88. The topological polar surface area (TPSA) is 109 Å². The van der Waals surface area contributed by atoms with Gasteiger partial charge in [-0.3, -0.25) is 4.79 Å². The quantitative estimate of drug-likeness (QED) is 0.351. The summed E-state index contributed by atoms with van der Waals surface area (Å²) in [6.45, 7) is 2.43. The van der Waals surface area contributed by atoms with Gasteiger partial charge in [0.15, 0.2) is 5.76 Å². The van der Waals surface area contributed by atoms with E-state index in [4.69, 9.17) is 14.2 Å². The fraction of sp³-hybridized carbons (Fsp3) is 0.433. The lowest BCUT2D eigenvalue weighted by Gasteiger charge is -2.35. The summed E-state index contributed by atoms with van der Waals surface area (Å²) in [6, 6.07) is 14.3. The Morgan fingerprint density at radius 3 is 2.55 bits per heavy atom. The van der Waals surface area contributed by atoms with Crippen molar-refractivity contribution in [3.63, 3.8) is 0 Å². The maximum atomic E-state index is 13.5. The molecule has 1 amide bonds. The molecule has 2 atom stereocenters. The van der Waals surface area contributed by atoms with Gasteiger partial charge in [0, 0.05) is 56.3 Å². The monoisotopic (exact) mass is 615 g/mol. The Bertz CT molecular complexity index is 1500. The molecular formula is C30H37N3O7S2. The molecule has 226 valence electrons. The lowest BCUT2D eigenvalue weighted by atomic mass is 9.92. The van der Waals surface area contributed by atoms with Crippen LogP contribution in [0, 0.1) is 0 Å². The van der Waals surface area contributed by atoms with Crippen molar-refractivity contribution in [2.45, 2.75) is 23.5 Å². The van der Waals surface area contributed by atoms with Crippen molar-refractivity contribution in [1.82, 2.24) is 14.1 Å². The van der Waals surface area contributed by atoms with Crippen LogP contribution in [0.15, 0.2) is 70.6 Å². The molecule has 10 nitrogen and oxygen atoms in total. The number of allylic oxidation sites excluding steroid dienone is 1. The van der Waals surface area contributed by atoms with Crippen molar-refractivity contribution in [3.8, 4) is 5.75 Å². The van der Waals surface area contributed by atoms with Gasteiger partial charge < -0.3 is 29.1 Å². The van der Waals surface area contributed by atoms with Crippen molar-refractivity contribution in [2.75, 3.05) is 66.6 Å². The number of rotatable bonds is 11. The van der Waals surface area contributed by atoms with Crippen LogP contribution in [0.3, 0.4) is 0 Å². The third-order valence-corrected chi connectivity index (χ3v) is 10.6. The number of piperazine rings is 1. The molecule has 12 heteroatoms. The molecule has 0 unspecified atom stereocenters. The average Bonchev–Trinajstić information content (AvgIpc) is 3.45. The lowest BCUT2D eigenvalue weighted by Crippen LogP contribution is -2.48. The van der Waals surface area contributed by atoms with Gasteiger partial charge in [-0.25, -0.2) is 8.42 Å². The normalized spacial score (nSPS) is 20.0. The van der Waals surface area contributed by atoms with Gasteiger partial charge in [-0.05, 0) is 59.8 Å². The van der Waals surface area contributed by atoms with Crippen LogP contribution in [-0.2, 0) is 24.3 Å². The van der Waals surface area contributed by atoms with E-state index in [0.29, 0.717) is 25.3 Å². The molecule has 0 saturated carbocycles. The summed E-state index contributed by atoms with van der Waals surface area (Å²) in [5.74, 6) is 0.533. The second kappa shape index (κ2) is 13.5. The number of likely N-dealkylation sites (N-methyl/N-ethyl adjacent to an activating group) is 1. The summed E-state index contributed by atoms with van der Waals surface area (Å²) in [5, 5.41) is 12.9. The molecule has 1 aromatic heterocycles. The number of amides is 1. The number of methoxy groups -OCH3 is 1. The Morgan fingerprint density at radius 1 is 1.10 bits per heavy atom. The van der Waals surface area contributed by atoms with E-state index < -0.39 is 16.3 Å². The van der Waals surface area contributed by atoms with Crippen molar-refractivity contribution >= 4 is 37.4 Å². The molecule has 0 spiro atoms. The zero-order valence-electron chi connectivity index (χ0n) is 23.8. The fourth-order valence-electron chi connectivity index (χ4n) is 5.22. The zero-order valence-corrected chi connectivity index (χ0v) is 25.5. The molecule has 2 aromatic carbocycles. The highest BCUT2D eigenvalue weighted by Crippen LogP contribution is 2.38. The predicted molar refractivity (Wildman–Crippen MR) is 161 cm³/mol. The molecule has 1 N–H and O–H groups in total. The molecule has 1 saturated heterocycles. The van der Waals surface area contributed by atoms with Crippen LogP contribution in [0.5, 0.6) is 5.75 Å². The highest BCUT2D eigenvalue weighted by atomic mass is 32.2. The Morgan fingerprint density at radius 2 is 1.83 bits per heavy atom. The molecule has 3 heterocycles. The first-order valence-electron chi connectivity index (χ1n) is 14.0. The summed E-state index contributed by atoms with van der Waals surface area (Å²) >= 11 is 1.66. The second-order valence-corrected chi connectivity index (χ2v) is 13.2. The Balaban J connectivity index is 1.32. The van der Waals surface area contributed by atoms with E-state index in [1.807, 2.05) is 25.3 Å². The Hall–Kier alpha value is -3.00. The maximum absolute atomic E-state index is 13.5. The zero-order chi connectivity index (χ0) is 29.7. The number of carbonyl (C=O) groups is 1. The molecule has 42 heavy (non-hydrogen) atoms. The Kier molecular flexibility index (Phi) is 9.81. The Labute approximate surface area is 250 Å². The molecule has 0 radical (unpaired) electrons. The third kappa shape index (κ3) is 6.80. The number of ether oxygens (including phenoxy) is 3. The van der Waals surface area contributed by atoms with Gasteiger partial charge in [-0.1, -0.05) is 18.2 Å². The first kappa shape index (κ1) is 30.5. The average molecular weight is 616 g/mol. The third-order valence-electron chi connectivity index (χ3n) is 7.66.